The lowest BCUT2D eigenvalue weighted by Crippen LogP contribution is -2.37. The Morgan fingerprint density at radius 2 is 2.06 bits per heavy atom. The summed E-state index contributed by atoms with van der Waals surface area (Å²) in [5.41, 5.74) is 4.52. The highest BCUT2D eigenvalue weighted by Gasteiger charge is 2.18. The molecule has 92 valence electrons. The fourth-order valence-electron chi connectivity index (χ4n) is 3.16. The minimum absolute atomic E-state index is 0.113. The predicted molar refractivity (Wildman–Crippen MR) is 69.0 cm³/mol. The van der Waals surface area contributed by atoms with Gasteiger partial charge in [-0.15, -0.1) is 0 Å². The van der Waals surface area contributed by atoms with Gasteiger partial charge in [0.25, 0.3) is 0 Å². The topological polar surface area (TPSA) is 23.5 Å². The van der Waals surface area contributed by atoms with Crippen LogP contribution in [-0.2, 0) is 19.4 Å². The van der Waals surface area contributed by atoms with Gasteiger partial charge in [0, 0.05) is 13.1 Å². The molecule has 0 spiro atoms. The lowest BCUT2D eigenvalue weighted by atomic mass is 10.0. The molecule has 1 aromatic carbocycles. The summed E-state index contributed by atoms with van der Waals surface area (Å²) in [7, 11) is 0. The van der Waals surface area contributed by atoms with Gasteiger partial charge in [-0.25, -0.2) is 0 Å². The van der Waals surface area contributed by atoms with Crippen molar-refractivity contribution < 1.29 is 5.11 Å². The average Bonchev–Trinajstić information content (AvgIpc) is 2.76. The molecule has 1 fully saturated rings. The minimum atomic E-state index is -0.113. The Morgan fingerprint density at radius 1 is 1.18 bits per heavy atom. The van der Waals surface area contributed by atoms with Gasteiger partial charge in [-0.2, -0.15) is 0 Å². The van der Waals surface area contributed by atoms with Crippen molar-refractivity contribution >= 4 is 0 Å². The number of aryl methyl sites for hydroxylation is 2. The molecule has 1 aliphatic carbocycles. The summed E-state index contributed by atoms with van der Waals surface area (Å²) in [4.78, 5) is 2.38. The Bertz CT molecular complexity index is 402. The van der Waals surface area contributed by atoms with Crippen LogP contribution in [0.5, 0.6) is 0 Å². The monoisotopic (exact) mass is 231 g/mol. The summed E-state index contributed by atoms with van der Waals surface area (Å²) in [6.45, 7) is 2.98. The fourth-order valence-corrected chi connectivity index (χ4v) is 3.16. The SMILES string of the molecule is OC1CCCN(Cc2ccc3c(c2)CCC3)C1. The summed E-state index contributed by atoms with van der Waals surface area (Å²) in [6.07, 6.45) is 5.83. The number of rotatable bonds is 2. The van der Waals surface area contributed by atoms with Crippen molar-refractivity contribution in [2.24, 2.45) is 0 Å². The molecule has 0 aromatic heterocycles. The van der Waals surface area contributed by atoms with E-state index in [-0.39, 0.29) is 6.10 Å². The molecule has 17 heavy (non-hydrogen) atoms. The lowest BCUT2D eigenvalue weighted by molar-refractivity contribution is 0.0668. The highest BCUT2D eigenvalue weighted by Crippen LogP contribution is 2.24. The number of aliphatic hydroxyl groups is 1. The molecule has 1 heterocycles. The largest absolute Gasteiger partial charge is 0.392 e. The Balaban J connectivity index is 1.68. The van der Waals surface area contributed by atoms with Crippen LogP contribution in [0.3, 0.4) is 0 Å². The van der Waals surface area contributed by atoms with Gasteiger partial charge in [-0.05, 0) is 55.3 Å². The number of hydrogen-bond donors (Lipinski definition) is 1. The zero-order chi connectivity index (χ0) is 11.7. The quantitative estimate of drug-likeness (QED) is 0.843. The molecule has 0 radical (unpaired) electrons. The van der Waals surface area contributed by atoms with E-state index in [0.29, 0.717) is 0 Å². The van der Waals surface area contributed by atoms with Crippen LogP contribution in [0.25, 0.3) is 0 Å². The van der Waals surface area contributed by atoms with Crippen LogP contribution in [0.15, 0.2) is 18.2 Å². The van der Waals surface area contributed by atoms with Crippen molar-refractivity contribution in [1.29, 1.82) is 0 Å². The third-order valence-electron chi connectivity index (χ3n) is 4.05. The van der Waals surface area contributed by atoms with Gasteiger partial charge in [0.15, 0.2) is 0 Å². The molecular formula is C15H21NO. The van der Waals surface area contributed by atoms with Crippen LogP contribution < -0.4 is 0 Å². The minimum Gasteiger partial charge on any atom is -0.392 e. The van der Waals surface area contributed by atoms with Gasteiger partial charge in [-0.1, -0.05) is 18.2 Å². The summed E-state index contributed by atoms with van der Waals surface area (Å²) in [5, 5.41) is 9.67. The molecule has 1 aliphatic heterocycles. The van der Waals surface area contributed by atoms with Crippen LogP contribution in [0.2, 0.25) is 0 Å². The van der Waals surface area contributed by atoms with E-state index in [1.54, 1.807) is 11.1 Å². The Kier molecular flexibility index (Phi) is 3.17. The van der Waals surface area contributed by atoms with E-state index in [0.717, 1.165) is 32.5 Å². The van der Waals surface area contributed by atoms with E-state index in [4.69, 9.17) is 0 Å². The van der Waals surface area contributed by atoms with Crippen molar-refractivity contribution in [3.05, 3.63) is 34.9 Å². The molecule has 2 aliphatic rings. The molecule has 0 saturated carbocycles. The Labute approximate surface area is 103 Å². The first-order valence-electron chi connectivity index (χ1n) is 6.82. The number of benzene rings is 1. The van der Waals surface area contributed by atoms with E-state index >= 15 is 0 Å². The van der Waals surface area contributed by atoms with E-state index in [1.165, 1.54) is 24.8 Å². The highest BCUT2D eigenvalue weighted by molar-refractivity contribution is 5.35. The van der Waals surface area contributed by atoms with E-state index < -0.39 is 0 Å². The van der Waals surface area contributed by atoms with Crippen molar-refractivity contribution in [2.45, 2.75) is 44.8 Å². The molecule has 1 atom stereocenters. The first-order chi connectivity index (χ1) is 8.31. The van der Waals surface area contributed by atoms with Crippen LogP contribution >= 0.6 is 0 Å². The second kappa shape index (κ2) is 4.79. The molecule has 3 rings (SSSR count). The number of fused-ring (bicyclic) bond motifs is 1. The first kappa shape index (κ1) is 11.2. The normalized spacial score (nSPS) is 24.9. The zero-order valence-corrected chi connectivity index (χ0v) is 10.4. The maximum absolute atomic E-state index is 9.67. The maximum atomic E-state index is 9.67. The third kappa shape index (κ3) is 2.53. The van der Waals surface area contributed by atoms with Crippen molar-refractivity contribution in [3.8, 4) is 0 Å². The summed E-state index contributed by atoms with van der Waals surface area (Å²) < 4.78 is 0. The van der Waals surface area contributed by atoms with Crippen LogP contribution in [0.4, 0.5) is 0 Å². The average molecular weight is 231 g/mol. The molecule has 2 heteroatoms. The van der Waals surface area contributed by atoms with Gasteiger partial charge in [0.1, 0.15) is 0 Å². The lowest BCUT2D eigenvalue weighted by Gasteiger charge is -2.30. The predicted octanol–water partition coefficient (Wildman–Crippen LogP) is 2.13. The van der Waals surface area contributed by atoms with Crippen molar-refractivity contribution in [2.75, 3.05) is 13.1 Å². The molecule has 1 aromatic rings. The van der Waals surface area contributed by atoms with Gasteiger partial charge >= 0.3 is 0 Å². The smallest absolute Gasteiger partial charge is 0.0667 e. The van der Waals surface area contributed by atoms with E-state index in [2.05, 4.69) is 23.1 Å². The molecular weight excluding hydrogens is 210 g/mol. The van der Waals surface area contributed by atoms with Gasteiger partial charge in [-0.3, -0.25) is 4.90 Å². The molecule has 1 saturated heterocycles. The number of aliphatic hydroxyl groups excluding tert-OH is 1. The van der Waals surface area contributed by atoms with Crippen LogP contribution in [0.1, 0.15) is 36.0 Å². The first-order valence-corrected chi connectivity index (χ1v) is 6.82. The van der Waals surface area contributed by atoms with Crippen molar-refractivity contribution in [3.63, 3.8) is 0 Å². The Morgan fingerprint density at radius 3 is 2.94 bits per heavy atom. The van der Waals surface area contributed by atoms with Crippen LogP contribution in [0, 0.1) is 0 Å². The third-order valence-corrected chi connectivity index (χ3v) is 4.05. The Hall–Kier alpha value is -0.860. The second-order valence-electron chi connectivity index (χ2n) is 5.49. The number of likely N-dealkylation sites (tertiary alicyclic amines) is 1. The molecule has 1 N–H and O–H groups in total. The van der Waals surface area contributed by atoms with Gasteiger partial charge in [0.05, 0.1) is 6.10 Å². The van der Waals surface area contributed by atoms with Gasteiger partial charge < -0.3 is 5.11 Å². The summed E-state index contributed by atoms with van der Waals surface area (Å²) in [6, 6.07) is 6.95. The molecule has 1 unspecified atom stereocenters. The molecule has 0 amide bonds. The molecule has 2 nitrogen and oxygen atoms in total. The number of hydrogen-bond acceptors (Lipinski definition) is 2. The van der Waals surface area contributed by atoms with E-state index in [1.807, 2.05) is 0 Å². The maximum Gasteiger partial charge on any atom is 0.0667 e. The van der Waals surface area contributed by atoms with Crippen LogP contribution in [-0.4, -0.2) is 29.2 Å². The highest BCUT2D eigenvalue weighted by atomic mass is 16.3. The van der Waals surface area contributed by atoms with Gasteiger partial charge in [0.2, 0.25) is 0 Å². The van der Waals surface area contributed by atoms with Crippen molar-refractivity contribution in [1.82, 2.24) is 4.90 Å². The molecule has 0 bridgehead atoms. The fraction of sp³-hybridized carbons (Fsp3) is 0.600. The summed E-state index contributed by atoms with van der Waals surface area (Å²) >= 11 is 0. The number of β-amino-alcohol motifs (C(OH)–C–C–N with tert-alkyl or cyclic N) is 1. The second-order valence-corrected chi connectivity index (χ2v) is 5.49. The number of piperidine rings is 1. The summed E-state index contributed by atoms with van der Waals surface area (Å²) in [5.74, 6) is 0. The zero-order valence-electron chi connectivity index (χ0n) is 10.4. The number of nitrogens with zero attached hydrogens (tertiary/aromatic N) is 1. The van der Waals surface area contributed by atoms with E-state index in [9.17, 15) is 5.11 Å². The standard InChI is InChI=1S/C15H21NO/c17-15-5-2-8-16(11-15)10-12-6-7-13-3-1-4-14(13)9-12/h6-7,9,15,17H,1-5,8,10-11H2.